The van der Waals surface area contributed by atoms with Crippen LogP contribution in [-0.2, 0) is 18.4 Å². The molecule has 2 N–H and O–H groups in total. The lowest BCUT2D eigenvalue weighted by atomic mass is 10.0. The zero-order valence-corrected chi connectivity index (χ0v) is 43.6. The Morgan fingerprint density at radius 1 is 0.554 bits per heavy atom. The molecule has 0 radical (unpaired) electrons. The standard InChI is InChI=1S/C56H101N2O6P/c1-6-8-10-12-14-16-18-19-20-21-22-23-24-25-26-27-28-29-30-31-32-33-34-35-36-37-38-39-40-42-44-46-48-50-56(60)57-54(53-64-65(61,62)63-52-51-58(3,4)5)55(59)49-47-45-43-41-17-15-13-11-9-7-2/h8,10,14,16-17,19-20,22-23,25-26,41,47,49,54-55,59H,6-7,9,11-13,15,18,21,24,27-40,42-46,48,50-53H2,1-5H3,(H-,57,60,61,62)/b10-8-,16-14-,20-19-,23-22-,26-25-,41-17+,49-47+. The summed E-state index contributed by atoms with van der Waals surface area (Å²) in [6.45, 7) is 4.46. The number of hydrogen-bond acceptors (Lipinski definition) is 6. The van der Waals surface area contributed by atoms with E-state index in [2.05, 4.69) is 92.1 Å². The number of phosphoric acid groups is 1. The van der Waals surface area contributed by atoms with E-state index in [1.54, 1.807) is 6.08 Å². The lowest BCUT2D eigenvalue weighted by molar-refractivity contribution is -0.870. The Labute approximate surface area is 401 Å². The maximum atomic E-state index is 12.9. The minimum atomic E-state index is -4.60. The Morgan fingerprint density at radius 2 is 0.954 bits per heavy atom. The van der Waals surface area contributed by atoms with Gasteiger partial charge < -0.3 is 28.8 Å². The fourth-order valence-corrected chi connectivity index (χ4v) is 7.92. The van der Waals surface area contributed by atoms with Crippen LogP contribution in [0, 0.1) is 0 Å². The number of amides is 1. The van der Waals surface area contributed by atoms with E-state index in [1.807, 2.05) is 27.2 Å². The summed E-state index contributed by atoms with van der Waals surface area (Å²) in [6.07, 6.45) is 65.3. The van der Waals surface area contributed by atoms with Crippen molar-refractivity contribution in [1.29, 1.82) is 0 Å². The Balaban J connectivity index is 4.02. The monoisotopic (exact) mass is 929 g/mol. The Hall–Kier alpha value is -2.32. The maximum Gasteiger partial charge on any atom is 0.268 e. The molecule has 1 amide bonds. The van der Waals surface area contributed by atoms with Gasteiger partial charge in [0.1, 0.15) is 13.2 Å². The van der Waals surface area contributed by atoms with Gasteiger partial charge in [-0.3, -0.25) is 9.36 Å². The van der Waals surface area contributed by atoms with E-state index in [-0.39, 0.29) is 12.5 Å². The molecule has 0 aliphatic heterocycles. The highest BCUT2D eigenvalue weighted by atomic mass is 31.2. The largest absolute Gasteiger partial charge is 0.756 e. The summed E-state index contributed by atoms with van der Waals surface area (Å²) < 4.78 is 23.2. The number of aliphatic hydroxyl groups excluding tert-OH is 1. The van der Waals surface area contributed by atoms with E-state index in [0.717, 1.165) is 70.6 Å². The molecule has 0 aliphatic carbocycles. The van der Waals surface area contributed by atoms with Crippen LogP contribution in [0.5, 0.6) is 0 Å². The second-order valence-electron chi connectivity index (χ2n) is 18.8. The quantitative estimate of drug-likeness (QED) is 0.0272. The Bertz CT molecular complexity index is 1330. The number of rotatable bonds is 47. The number of likely N-dealkylation sites (N-methyl/N-ethyl adjacent to an activating group) is 1. The molecule has 0 rings (SSSR count). The molecule has 3 unspecified atom stereocenters. The number of allylic oxidation sites excluding steroid dienone is 13. The van der Waals surface area contributed by atoms with Crippen molar-refractivity contribution in [2.45, 2.75) is 225 Å². The highest BCUT2D eigenvalue weighted by molar-refractivity contribution is 7.45. The van der Waals surface area contributed by atoms with Crippen LogP contribution in [0.2, 0.25) is 0 Å². The molecule has 65 heavy (non-hydrogen) atoms. The number of quaternary nitrogens is 1. The fourth-order valence-electron chi connectivity index (χ4n) is 7.19. The molecule has 8 nitrogen and oxygen atoms in total. The molecule has 3 atom stereocenters. The molecule has 9 heteroatoms. The molecule has 0 aromatic rings. The summed E-state index contributed by atoms with van der Waals surface area (Å²) in [5, 5.41) is 13.7. The van der Waals surface area contributed by atoms with Crippen LogP contribution in [0.15, 0.2) is 85.1 Å². The van der Waals surface area contributed by atoms with Crippen molar-refractivity contribution >= 4 is 13.7 Å². The first kappa shape index (κ1) is 62.7. The van der Waals surface area contributed by atoms with E-state index in [0.29, 0.717) is 17.4 Å². The van der Waals surface area contributed by atoms with E-state index in [4.69, 9.17) is 9.05 Å². The average molecular weight is 929 g/mol. The van der Waals surface area contributed by atoms with Gasteiger partial charge in [0.15, 0.2) is 0 Å². The van der Waals surface area contributed by atoms with Gasteiger partial charge in [0.2, 0.25) is 5.91 Å². The number of unbranched alkanes of at least 4 members (excludes halogenated alkanes) is 22. The zero-order chi connectivity index (χ0) is 47.8. The van der Waals surface area contributed by atoms with Crippen LogP contribution in [-0.4, -0.2) is 68.5 Å². The predicted molar refractivity (Wildman–Crippen MR) is 279 cm³/mol. The van der Waals surface area contributed by atoms with Crippen molar-refractivity contribution in [2.75, 3.05) is 40.9 Å². The Kier molecular flexibility index (Phi) is 45.1. The highest BCUT2D eigenvalue weighted by Crippen LogP contribution is 2.38. The SMILES string of the molecule is CC/C=C\C/C=C\C/C=C\C/C=C\C/C=C\CCCCCCCCCCCCCCCCCCCC(=O)NC(COP(=O)([O-])OCC[N+](C)(C)C)C(O)/C=C/CC/C=C/CCCCCC. The topological polar surface area (TPSA) is 108 Å². The first-order valence-corrected chi connectivity index (χ1v) is 27.9. The van der Waals surface area contributed by atoms with Crippen molar-refractivity contribution in [3.8, 4) is 0 Å². The van der Waals surface area contributed by atoms with Crippen LogP contribution in [0.25, 0.3) is 0 Å². The summed E-state index contributed by atoms with van der Waals surface area (Å²) in [5.74, 6) is -0.211. The lowest BCUT2D eigenvalue weighted by Gasteiger charge is -2.29. The second kappa shape index (κ2) is 46.8. The number of nitrogens with one attached hydrogen (secondary N) is 1. The van der Waals surface area contributed by atoms with E-state index in [1.165, 1.54) is 122 Å². The maximum absolute atomic E-state index is 12.9. The molecule has 0 spiro atoms. The first-order valence-electron chi connectivity index (χ1n) is 26.4. The molecular formula is C56H101N2O6P. The van der Waals surface area contributed by atoms with Crippen molar-refractivity contribution < 1.29 is 32.9 Å². The van der Waals surface area contributed by atoms with E-state index < -0.39 is 26.6 Å². The van der Waals surface area contributed by atoms with Gasteiger partial charge in [0, 0.05) is 6.42 Å². The lowest BCUT2D eigenvalue weighted by Crippen LogP contribution is -2.45. The molecule has 0 aromatic heterocycles. The van der Waals surface area contributed by atoms with E-state index in [9.17, 15) is 19.4 Å². The molecule has 0 saturated heterocycles. The van der Waals surface area contributed by atoms with Gasteiger partial charge in [-0.25, -0.2) is 0 Å². The first-order chi connectivity index (χ1) is 31.5. The van der Waals surface area contributed by atoms with Crippen LogP contribution in [0.1, 0.15) is 213 Å². The summed E-state index contributed by atoms with van der Waals surface area (Å²) in [5.41, 5.74) is 0. The third kappa shape index (κ3) is 49.4. The summed E-state index contributed by atoms with van der Waals surface area (Å²) in [4.78, 5) is 25.3. The third-order valence-corrected chi connectivity index (χ3v) is 12.3. The number of carbonyl (C=O) groups excluding carboxylic acids is 1. The van der Waals surface area contributed by atoms with Gasteiger partial charge in [-0.2, -0.15) is 0 Å². The fraction of sp³-hybridized carbons (Fsp3) is 0.732. The number of carbonyl (C=O) groups is 1. The Morgan fingerprint density at radius 3 is 1.43 bits per heavy atom. The van der Waals surface area contributed by atoms with Crippen molar-refractivity contribution in [3.05, 3.63) is 85.1 Å². The number of nitrogens with zero attached hydrogens (tertiary/aromatic N) is 1. The van der Waals surface area contributed by atoms with Crippen LogP contribution in [0.3, 0.4) is 0 Å². The number of hydrogen-bond donors (Lipinski definition) is 2. The minimum Gasteiger partial charge on any atom is -0.756 e. The molecule has 0 aromatic carbocycles. The minimum absolute atomic E-state index is 0.00876. The third-order valence-electron chi connectivity index (χ3n) is 11.3. The summed E-state index contributed by atoms with van der Waals surface area (Å²) in [6, 6.07) is -0.904. The van der Waals surface area contributed by atoms with Crippen LogP contribution < -0.4 is 10.2 Å². The van der Waals surface area contributed by atoms with E-state index >= 15 is 0 Å². The van der Waals surface area contributed by atoms with Crippen LogP contribution >= 0.6 is 7.82 Å². The van der Waals surface area contributed by atoms with Gasteiger partial charge in [-0.15, -0.1) is 0 Å². The van der Waals surface area contributed by atoms with Crippen molar-refractivity contribution in [1.82, 2.24) is 5.32 Å². The van der Waals surface area contributed by atoms with Crippen LogP contribution in [0.4, 0.5) is 0 Å². The summed E-state index contributed by atoms with van der Waals surface area (Å²) in [7, 11) is 1.24. The van der Waals surface area contributed by atoms with Crippen molar-refractivity contribution in [3.63, 3.8) is 0 Å². The number of phosphoric ester groups is 1. The summed E-state index contributed by atoms with van der Waals surface area (Å²) >= 11 is 0. The molecule has 376 valence electrons. The predicted octanol–water partition coefficient (Wildman–Crippen LogP) is 15.1. The van der Waals surface area contributed by atoms with Gasteiger partial charge in [-0.05, 0) is 77.0 Å². The molecular weight excluding hydrogens is 828 g/mol. The van der Waals surface area contributed by atoms with Gasteiger partial charge in [-0.1, -0.05) is 214 Å². The smallest absolute Gasteiger partial charge is 0.268 e. The molecule has 0 fully saturated rings. The molecule has 0 aliphatic rings. The van der Waals surface area contributed by atoms with Crippen molar-refractivity contribution in [2.24, 2.45) is 0 Å². The average Bonchev–Trinajstić information content (AvgIpc) is 3.26. The number of aliphatic hydroxyl groups is 1. The molecule has 0 saturated carbocycles. The normalized spacial score (nSPS) is 14.8. The second-order valence-corrected chi connectivity index (χ2v) is 20.2. The molecule has 0 heterocycles. The van der Waals surface area contributed by atoms with Gasteiger partial charge >= 0.3 is 0 Å². The van der Waals surface area contributed by atoms with Gasteiger partial charge in [0.05, 0.1) is 39.9 Å². The highest BCUT2D eigenvalue weighted by Gasteiger charge is 2.23. The zero-order valence-electron chi connectivity index (χ0n) is 42.7. The van der Waals surface area contributed by atoms with Gasteiger partial charge in [0.25, 0.3) is 7.82 Å². The molecule has 0 bridgehead atoms.